The Bertz CT molecular complexity index is 923. The number of carbonyl (C=O) groups is 2. The number of aromatic nitrogens is 1. The van der Waals surface area contributed by atoms with Crippen molar-refractivity contribution in [1.82, 2.24) is 14.8 Å². The van der Waals surface area contributed by atoms with Crippen molar-refractivity contribution in [2.45, 2.75) is 32.1 Å². The number of carboxylic acids is 1. The molecule has 1 spiro atoms. The smallest absolute Gasteiger partial charge is 0.475 e. The summed E-state index contributed by atoms with van der Waals surface area (Å²) in [4.78, 5) is 30.4. The van der Waals surface area contributed by atoms with Crippen molar-refractivity contribution in [2.75, 3.05) is 19.6 Å². The van der Waals surface area contributed by atoms with E-state index >= 15 is 0 Å². The van der Waals surface area contributed by atoms with Gasteiger partial charge in [0, 0.05) is 31.2 Å². The minimum atomic E-state index is -5.08. The minimum absolute atomic E-state index is 0.230. The van der Waals surface area contributed by atoms with E-state index in [-0.39, 0.29) is 17.1 Å². The number of aliphatic carboxylic acids is 1. The summed E-state index contributed by atoms with van der Waals surface area (Å²) < 4.78 is 45.1. The molecule has 2 fully saturated rings. The van der Waals surface area contributed by atoms with Gasteiger partial charge < -0.3 is 10.0 Å². The number of carbonyl (C=O) groups excluding carboxylic acids is 1. The maximum absolute atomic E-state index is 13.3. The predicted octanol–water partition coefficient (Wildman–Crippen LogP) is 3.54. The largest absolute Gasteiger partial charge is 0.490 e. The third-order valence-corrected chi connectivity index (χ3v) is 6.15. The van der Waals surface area contributed by atoms with Gasteiger partial charge in [-0.2, -0.15) is 13.2 Å². The highest BCUT2D eigenvalue weighted by molar-refractivity contribution is 7.09. The van der Waals surface area contributed by atoms with Gasteiger partial charge in [0.25, 0.3) is 0 Å². The lowest BCUT2D eigenvalue weighted by Gasteiger charge is -2.23. The third kappa shape index (κ3) is 5.79. The average Bonchev–Trinajstić information content (AvgIpc) is 3.41. The highest BCUT2D eigenvalue weighted by Crippen LogP contribution is 2.41. The summed E-state index contributed by atoms with van der Waals surface area (Å²) in [7, 11) is 0. The monoisotopic (exact) mass is 459 g/mol. The molecule has 0 saturated carbocycles. The zero-order chi connectivity index (χ0) is 22.6. The molecule has 1 unspecified atom stereocenters. The Hall–Kier alpha value is -2.53. The van der Waals surface area contributed by atoms with Crippen molar-refractivity contribution in [3.63, 3.8) is 0 Å². The molecule has 1 atom stereocenters. The zero-order valence-electron chi connectivity index (χ0n) is 16.4. The topological polar surface area (TPSA) is 73.7 Å². The fraction of sp³-hybridized carbons (Fsp3) is 0.450. The Morgan fingerprint density at radius 3 is 2.55 bits per heavy atom. The van der Waals surface area contributed by atoms with Crippen LogP contribution in [0.1, 0.15) is 23.4 Å². The summed E-state index contributed by atoms with van der Waals surface area (Å²) in [5.41, 5.74) is 0.614. The summed E-state index contributed by atoms with van der Waals surface area (Å²) >= 11 is 1.66. The van der Waals surface area contributed by atoms with Crippen LogP contribution in [-0.4, -0.2) is 57.6 Å². The van der Waals surface area contributed by atoms with E-state index in [1.165, 1.54) is 12.1 Å². The molecule has 2 aromatic rings. The first-order valence-electron chi connectivity index (χ1n) is 9.54. The lowest BCUT2D eigenvalue weighted by molar-refractivity contribution is -0.192. The fourth-order valence-electron chi connectivity index (χ4n) is 3.89. The SMILES string of the molecule is O=C(O)C(F)(F)F.O=C1N(Cc2cccc(F)c2)CCC12CCN(Cc1nccs1)C2. The van der Waals surface area contributed by atoms with Gasteiger partial charge in [0.1, 0.15) is 10.8 Å². The summed E-state index contributed by atoms with van der Waals surface area (Å²) in [6.45, 7) is 3.85. The number of nitrogens with zero attached hydrogens (tertiary/aromatic N) is 3. The van der Waals surface area contributed by atoms with E-state index in [0.29, 0.717) is 6.54 Å². The van der Waals surface area contributed by atoms with Crippen LogP contribution in [0.4, 0.5) is 17.6 Å². The van der Waals surface area contributed by atoms with Gasteiger partial charge in [-0.05, 0) is 37.1 Å². The van der Waals surface area contributed by atoms with Gasteiger partial charge in [-0.25, -0.2) is 14.2 Å². The fourth-order valence-corrected chi connectivity index (χ4v) is 4.55. The first kappa shape index (κ1) is 23.1. The van der Waals surface area contributed by atoms with E-state index in [1.54, 1.807) is 17.4 Å². The molecule has 31 heavy (non-hydrogen) atoms. The van der Waals surface area contributed by atoms with Crippen molar-refractivity contribution in [1.29, 1.82) is 0 Å². The predicted molar refractivity (Wildman–Crippen MR) is 105 cm³/mol. The maximum Gasteiger partial charge on any atom is 0.490 e. The molecule has 4 rings (SSSR count). The van der Waals surface area contributed by atoms with Crippen LogP contribution in [0.25, 0.3) is 0 Å². The maximum atomic E-state index is 13.3. The number of hydrogen-bond acceptors (Lipinski definition) is 5. The molecule has 0 aliphatic carbocycles. The van der Waals surface area contributed by atoms with Crippen LogP contribution in [0.15, 0.2) is 35.8 Å². The number of alkyl halides is 3. The molecule has 3 heterocycles. The summed E-state index contributed by atoms with van der Waals surface area (Å²) in [6.07, 6.45) is -1.44. The van der Waals surface area contributed by atoms with Crippen molar-refractivity contribution in [3.05, 3.63) is 52.2 Å². The molecule has 6 nitrogen and oxygen atoms in total. The van der Waals surface area contributed by atoms with Gasteiger partial charge in [0.05, 0.1) is 12.0 Å². The van der Waals surface area contributed by atoms with Crippen molar-refractivity contribution in [3.8, 4) is 0 Å². The molecule has 1 N–H and O–H groups in total. The molecule has 2 aliphatic rings. The van der Waals surface area contributed by atoms with E-state index in [2.05, 4.69) is 9.88 Å². The Kier molecular flexibility index (Phi) is 6.95. The van der Waals surface area contributed by atoms with Crippen molar-refractivity contribution < 1.29 is 32.3 Å². The summed E-state index contributed by atoms with van der Waals surface area (Å²) in [6, 6.07) is 6.53. The van der Waals surface area contributed by atoms with Crippen LogP contribution in [0.5, 0.6) is 0 Å². The second-order valence-corrected chi connectivity index (χ2v) is 8.56. The van der Waals surface area contributed by atoms with Gasteiger partial charge >= 0.3 is 12.1 Å². The van der Waals surface area contributed by atoms with Crippen LogP contribution in [0.2, 0.25) is 0 Å². The number of amides is 1. The van der Waals surface area contributed by atoms with Gasteiger partial charge in [-0.3, -0.25) is 9.69 Å². The molecule has 0 bridgehead atoms. The summed E-state index contributed by atoms with van der Waals surface area (Å²) in [5.74, 6) is -2.77. The quantitative estimate of drug-likeness (QED) is 0.708. The number of hydrogen-bond donors (Lipinski definition) is 1. The van der Waals surface area contributed by atoms with E-state index in [4.69, 9.17) is 9.90 Å². The molecule has 1 aromatic carbocycles. The van der Waals surface area contributed by atoms with Crippen LogP contribution in [0.3, 0.4) is 0 Å². The van der Waals surface area contributed by atoms with E-state index in [9.17, 15) is 22.4 Å². The number of carboxylic acid groups (broad SMARTS) is 1. The molecule has 1 amide bonds. The van der Waals surface area contributed by atoms with Gasteiger partial charge in [0.2, 0.25) is 5.91 Å². The highest BCUT2D eigenvalue weighted by atomic mass is 32.1. The Labute approximate surface area is 180 Å². The second kappa shape index (κ2) is 9.31. The third-order valence-electron chi connectivity index (χ3n) is 5.38. The normalized spacial score (nSPS) is 21.4. The zero-order valence-corrected chi connectivity index (χ0v) is 17.3. The molecule has 1 aromatic heterocycles. The van der Waals surface area contributed by atoms with Crippen LogP contribution < -0.4 is 0 Å². The van der Waals surface area contributed by atoms with Gasteiger partial charge in [-0.1, -0.05) is 12.1 Å². The first-order valence-corrected chi connectivity index (χ1v) is 10.4. The van der Waals surface area contributed by atoms with Crippen molar-refractivity contribution in [2.24, 2.45) is 5.41 Å². The lowest BCUT2D eigenvalue weighted by Crippen LogP contribution is -2.36. The Morgan fingerprint density at radius 2 is 1.94 bits per heavy atom. The first-order chi connectivity index (χ1) is 14.6. The minimum Gasteiger partial charge on any atom is -0.475 e. The number of thiazole rings is 1. The number of rotatable bonds is 4. The van der Waals surface area contributed by atoms with Crippen molar-refractivity contribution >= 4 is 23.2 Å². The number of halogens is 4. The number of likely N-dealkylation sites (tertiary alicyclic amines) is 2. The second-order valence-electron chi connectivity index (χ2n) is 7.58. The van der Waals surface area contributed by atoms with E-state index < -0.39 is 12.1 Å². The standard InChI is InChI=1S/C18H20FN3OS.C2HF3O2/c19-15-3-1-2-14(10-15)11-22-8-5-18(17(22)23)4-7-21(13-18)12-16-20-6-9-24-16;3-2(4,5)1(6)7/h1-3,6,9-10H,4-5,7-8,11-13H2;(H,6,7). The van der Waals surface area contributed by atoms with Gasteiger partial charge in [0.15, 0.2) is 0 Å². The average molecular weight is 459 g/mol. The molecule has 2 aliphatic heterocycles. The van der Waals surface area contributed by atoms with Gasteiger partial charge in [-0.15, -0.1) is 11.3 Å². The highest BCUT2D eigenvalue weighted by Gasteiger charge is 2.50. The molecule has 0 radical (unpaired) electrons. The summed E-state index contributed by atoms with van der Waals surface area (Å²) in [5, 5.41) is 10.2. The van der Waals surface area contributed by atoms with Crippen LogP contribution >= 0.6 is 11.3 Å². The molecular weight excluding hydrogens is 438 g/mol. The molecule has 2 saturated heterocycles. The Balaban J connectivity index is 0.000000339. The van der Waals surface area contributed by atoms with E-state index in [1.807, 2.05) is 22.5 Å². The molecule has 168 valence electrons. The number of benzene rings is 1. The molecule has 11 heteroatoms. The Morgan fingerprint density at radius 1 is 1.23 bits per heavy atom. The van der Waals surface area contributed by atoms with Crippen LogP contribution in [-0.2, 0) is 22.7 Å². The van der Waals surface area contributed by atoms with Crippen LogP contribution in [0, 0.1) is 11.2 Å². The molecular formula is C20H21F4N3O3S. The van der Waals surface area contributed by atoms with E-state index in [0.717, 1.165) is 49.6 Å². The lowest BCUT2D eigenvalue weighted by atomic mass is 9.85.